The molecule has 3 saturated heterocycles. The average molecular weight is 1050 g/mol. The van der Waals surface area contributed by atoms with Crippen molar-refractivity contribution < 1.29 is 42.5 Å². The van der Waals surface area contributed by atoms with Gasteiger partial charge in [0.2, 0.25) is 18.0 Å². The summed E-state index contributed by atoms with van der Waals surface area (Å²) in [6.07, 6.45) is 12.1. The van der Waals surface area contributed by atoms with Crippen LogP contribution in [-0.2, 0) is 23.8 Å². The Balaban J connectivity index is 0.902. The molecule has 0 radical (unpaired) electrons. The van der Waals surface area contributed by atoms with Crippen molar-refractivity contribution in [3.63, 3.8) is 0 Å². The second-order valence-electron chi connectivity index (χ2n) is 21.6. The van der Waals surface area contributed by atoms with E-state index < -0.39 is 41.9 Å². The van der Waals surface area contributed by atoms with Crippen LogP contribution in [0.2, 0.25) is 0 Å². The number of nitrogens with one attached hydrogen (secondary N) is 4. The molecular weight excluding hydrogens is 980 g/mol. The number of methoxy groups -OCH3 is 2. The lowest BCUT2D eigenvalue weighted by molar-refractivity contribution is -0.139. The number of hydrogen-bond acceptors (Lipinski definition) is 12. The number of aromatic amines is 2. The van der Waals surface area contributed by atoms with E-state index in [1.54, 1.807) is 28.6 Å². The third kappa shape index (κ3) is 9.63. The van der Waals surface area contributed by atoms with Gasteiger partial charge in [0.1, 0.15) is 35.3 Å². The Labute approximate surface area is 438 Å². The van der Waals surface area contributed by atoms with Crippen molar-refractivity contribution >= 4 is 46.2 Å². The Kier molecular flexibility index (Phi) is 13.7. The molecule has 4 amide bonds. The first-order valence-electron chi connectivity index (χ1n) is 26.3. The predicted molar refractivity (Wildman–Crippen MR) is 278 cm³/mol. The van der Waals surface area contributed by atoms with Crippen LogP contribution >= 0.6 is 11.3 Å². The molecule has 1 aliphatic carbocycles. The number of halogens is 1. The summed E-state index contributed by atoms with van der Waals surface area (Å²) in [4.78, 5) is 79.1. The van der Waals surface area contributed by atoms with E-state index in [0.29, 0.717) is 91.2 Å². The van der Waals surface area contributed by atoms with Crippen LogP contribution in [0.5, 0.6) is 5.75 Å². The number of likely N-dealkylation sites (tertiary alicyclic amines) is 2. The van der Waals surface area contributed by atoms with Gasteiger partial charge in [0.25, 0.3) is 0 Å². The van der Waals surface area contributed by atoms with Gasteiger partial charge in [-0.15, -0.1) is 11.3 Å². The third-order valence-electron chi connectivity index (χ3n) is 16.0. The zero-order valence-electron chi connectivity index (χ0n) is 43.2. The minimum atomic E-state index is -0.777. The highest BCUT2D eigenvalue weighted by molar-refractivity contribution is 7.11. The van der Waals surface area contributed by atoms with Crippen LogP contribution in [0, 0.1) is 17.7 Å². The van der Waals surface area contributed by atoms with Crippen molar-refractivity contribution in [2.45, 2.75) is 134 Å². The van der Waals surface area contributed by atoms with Gasteiger partial charge in [-0.05, 0) is 107 Å². The quantitative estimate of drug-likeness (QED) is 0.0906. The number of hydrogen-bond donors (Lipinski definition) is 4. The van der Waals surface area contributed by atoms with Crippen molar-refractivity contribution in [3.8, 4) is 39.5 Å². The number of alkyl carbamates (subject to hydrolysis) is 2. The van der Waals surface area contributed by atoms with E-state index in [2.05, 4.69) is 31.2 Å². The van der Waals surface area contributed by atoms with Crippen LogP contribution in [0.1, 0.15) is 138 Å². The molecule has 4 aliphatic heterocycles. The van der Waals surface area contributed by atoms with E-state index >= 15 is 4.39 Å². The second kappa shape index (κ2) is 20.4. The highest BCUT2D eigenvalue weighted by Crippen LogP contribution is 2.49. The largest absolute Gasteiger partial charge is 0.464 e. The monoisotopic (exact) mass is 1040 g/mol. The van der Waals surface area contributed by atoms with Gasteiger partial charge in [-0.1, -0.05) is 32.8 Å². The molecule has 8 heterocycles. The molecule has 6 atom stereocenters. The minimum Gasteiger partial charge on any atom is -0.464 e. The molecule has 75 heavy (non-hydrogen) atoms. The highest BCUT2D eigenvalue weighted by atomic mass is 32.1. The number of aromatic nitrogens is 6. The lowest BCUT2D eigenvalue weighted by atomic mass is 9.82. The molecule has 5 aliphatic rings. The first-order chi connectivity index (χ1) is 36.2. The number of rotatable bonds is 12. The fraction of sp³-hybridized carbons (Fsp3) is 0.509. The number of amides is 4. The fourth-order valence-corrected chi connectivity index (χ4v) is 13.3. The Morgan fingerprint density at radius 2 is 1.47 bits per heavy atom. The van der Waals surface area contributed by atoms with Crippen molar-refractivity contribution in [1.82, 2.24) is 49.9 Å². The van der Waals surface area contributed by atoms with Crippen molar-refractivity contribution in [2.75, 3.05) is 33.9 Å². The standard InChI is InChI=1S/C55H65FN10O8S/c1-29(2)45(62-53(69)71-5)50(67)64-18-9-13-39(64)48-58-27-37(61-48)33-22-35(56)44-41-23-34-21-31(15-16-38(34)66(41)52(74-42(44)24-33)43-28-59-49(75-43)30-11-7-8-12-30)36-26-57-47(60-36)40-14-10-19-65(40)51(68)46(63-54(70)72-6)32-17-20-73-55(3,4)25-32/h15-16,21-24,26-30,32,39-40,45-46,52H,7-14,17-20,25H2,1-6H3,(H,57,60)(H,58,61)(H,62,69)(H,63,70)/t32?,39-,40?,45-,46?,52?/m0/s1. The van der Waals surface area contributed by atoms with E-state index in [-0.39, 0.29) is 35.7 Å². The molecule has 18 nitrogen and oxygen atoms in total. The van der Waals surface area contributed by atoms with Crippen molar-refractivity contribution in [3.05, 3.63) is 82.3 Å². The average Bonchev–Trinajstić information content (AvgIpc) is 4.32. The molecule has 0 spiro atoms. The summed E-state index contributed by atoms with van der Waals surface area (Å²) in [5, 5.41) is 7.51. The maximum atomic E-state index is 17.1. The van der Waals surface area contributed by atoms with Gasteiger partial charge in [0, 0.05) is 48.3 Å². The number of imidazole rings is 2. The van der Waals surface area contributed by atoms with Crippen LogP contribution in [-0.4, -0.2) is 115 Å². The Hall–Kier alpha value is -6.80. The van der Waals surface area contributed by atoms with Crippen LogP contribution < -0.4 is 15.4 Å². The summed E-state index contributed by atoms with van der Waals surface area (Å²) >= 11 is 1.65. The molecule has 4 fully saturated rings. The number of carbonyl (C=O) groups excluding carboxylic acids is 4. The van der Waals surface area contributed by atoms with Gasteiger partial charge in [-0.2, -0.15) is 0 Å². The van der Waals surface area contributed by atoms with Crippen molar-refractivity contribution in [1.29, 1.82) is 0 Å². The van der Waals surface area contributed by atoms with Crippen LogP contribution in [0.3, 0.4) is 0 Å². The molecule has 6 aromatic rings. The van der Waals surface area contributed by atoms with E-state index in [1.807, 2.05) is 63.1 Å². The number of H-pyrrole nitrogens is 2. The van der Waals surface area contributed by atoms with Gasteiger partial charge in [0.15, 0.2) is 0 Å². The predicted octanol–water partition coefficient (Wildman–Crippen LogP) is 9.92. The van der Waals surface area contributed by atoms with Gasteiger partial charge in [-0.25, -0.2) is 28.9 Å². The number of carbonyl (C=O) groups is 4. The molecular formula is C55H65FN10O8S. The first-order valence-corrected chi connectivity index (χ1v) is 27.2. The molecule has 1 saturated carbocycles. The van der Waals surface area contributed by atoms with Crippen LogP contribution in [0.4, 0.5) is 14.0 Å². The summed E-state index contributed by atoms with van der Waals surface area (Å²) in [5.41, 5.74) is 4.15. The number of benzene rings is 2. The molecule has 2 aromatic carbocycles. The van der Waals surface area contributed by atoms with Gasteiger partial charge in [0.05, 0.1) is 82.3 Å². The molecule has 4 N–H and O–H groups in total. The number of nitrogens with zero attached hydrogens (tertiary/aromatic N) is 6. The zero-order valence-corrected chi connectivity index (χ0v) is 44.1. The fourth-order valence-electron chi connectivity index (χ4n) is 12.2. The van der Waals surface area contributed by atoms with Crippen LogP contribution in [0.25, 0.3) is 44.7 Å². The smallest absolute Gasteiger partial charge is 0.407 e. The first kappa shape index (κ1) is 50.4. The maximum Gasteiger partial charge on any atom is 0.407 e. The second-order valence-corrected chi connectivity index (χ2v) is 22.7. The maximum absolute atomic E-state index is 17.1. The molecule has 20 heteroatoms. The normalized spacial score (nSPS) is 22.2. The zero-order chi connectivity index (χ0) is 52.3. The Morgan fingerprint density at radius 1 is 0.800 bits per heavy atom. The molecule has 4 aromatic heterocycles. The summed E-state index contributed by atoms with van der Waals surface area (Å²) in [7, 11) is 2.57. The molecule has 0 bridgehead atoms. The summed E-state index contributed by atoms with van der Waals surface area (Å²) in [6, 6.07) is 9.22. The number of ether oxygens (including phenoxy) is 4. The van der Waals surface area contributed by atoms with E-state index in [0.717, 1.165) is 57.7 Å². The van der Waals surface area contributed by atoms with Crippen molar-refractivity contribution in [2.24, 2.45) is 11.8 Å². The van der Waals surface area contributed by atoms with E-state index in [4.69, 9.17) is 33.9 Å². The van der Waals surface area contributed by atoms with Gasteiger partial charge >= 0.3 is 12.2 Å². The lowest BCUT2D eigenvalue weighted by Crippen LogP contribution is -2.54. The summed E-state index contributed by atoms with van der Waals surface area (Å²) in [5.74, 6) is 0.847. The topological polar surface area (TPSA) is 211 Å². The molecule has 11 rings (SSSR count). The van der Waals surface area contributed by atoms with Gasteiger partial charge < -0.3 is 49.3 Å². The SMILES string of the molecule is COC(=O)NC(C(=O)N1CCCC1c1ncc(-c2ccc3c(c2)cc2n3C(c3cnc(C4CCCC4)s3)Oc3cc(-c4cnc([C@@H]5CCCN5C(=O)[C@@H](NC(=O)OC)C(C)C)[nH]4)cc(F)c3-2)[nH]1)C1CCOC(C)(C)C1. The van der Waals surface area contributed by atoms with E-state index in [9.17, 15) is 19.2 Å². The van der Waals surface area contributed by atoms with Crippen LogP contribution in [0.15, 0.2) is 55.0 Å². The Bertz CT molecular complexity index is 3140. The lowest BCUT2D eigenvalue weighted by Gasteiger charge is -2.40. The highest BCUT2D eigenvalue weighted by Gasteiger charge is 2.44. The summed E-state index contributed by atoms with van der Waals surface area (Å²) < 4.78 is 41.8. The summed E-state index contributed by atoms with van der Waals surface area (Å²) in [6.45, 7) is 9.28. The van der Waals surface area contributed by atoms with Gasteiger partial charge in [-0.3, -0.25) is 14.2 Å². The number of fused-ring (bicyclic) bond motifs is 5. The minimum absolute atomic E-state index is 0.132. The molecule has 396 valence electrons. The molecule has 4 unspecified atom stereocenters. The Morgan fingerprint density at radius 3 is 2.13 bits per heavy atom. The van der Waals surface area contributed by atoms with E-state index in [1.165, 1.54) is 33.1 Å². The third-order valence-corrected chi connectivity index (χ3v) is 17.1. The number of thiazole rings is 1.